The van der Waals surface area contributed by atoms with Crippen LogP contribution in [0.2, 0.25) is 6.82 Å². The molecule has 0 amide bonds. The average Bonchev–Trinajstić information content (AvgIpc) is 2.14. The van der Waals surface area contributed by atoms with Crippen LogP contribution in [0.5, 0.6) is 0 Å². The zero-order chi connectivity index (χ0) is 5.11. The fraction of sp³-hybridized carbons (Fsp3) is 0.250. The Morgan fingerprint density at radius 1 is 1.71 bits per heavy atom. The van der Waals surface area contributed by atoms with Gasteiger partial charge in [0.1, 0.15) is 0 Å². The Hall–Kier alpha value is -0.725. The first-order valence-electron chi connectivity index (χ1n) is 2.39. The van der Waals surface area contributed by atoms with E-state index in [1.165, 1.54) is 0 Å². The summed E-state index contributed by atoms with van der Waals surface area (Å²) in [6.45, 7) is 2.08. The lowest BCUT2D eigenvalue weighted by atomic mass is 10.0. The van der Waals surface area contributed by atoms with Crippen LogP contribution in [0.4, 0.5) is 0 Å². The van der Waals surface area contributed by atoms with E-state index in [0.29, 0.717) is 0 Å². The summed E-state index contributed by atoms with van der Waals surface area (Å²) in [5.41, 5.74) is 0. The number of aromatic nitrogens is 2. The number of hydrogen-bond donors (Lipinski definition) is 0. The highest BCUT2D eigenvalue weighted by atomic mass is 14.9. The molecular formula is C4H7BN2. The lowest BCUT2D eigenvalue weighted by molar-refractivity contribution is 1.19. The minimum Gasteiger partial charge on any atom is -0.386 e. The predicted octanol–water partition coefficient (Wildman–Crippen LogP) is 0.131. The number of hydrogen-bond acceptors (Lipinski definition) is 1. The molecule has 3 heteroatoms. The fourth-order valence-electron chi connectivity index (χ4n) is 0.474. The van der Waals surface area contributed by atoms with Gasteiger partial charge in [0.15, 0.2) is 0 Å². The Kier molecular flexibility index (Phi) is 1.15. The van der Waals surface area contributed by atoms with E-state index in [1.807, 2.05) is 10.7 Å². The van der Waals surface area contributed by atoms with E-state index in [1.54, 1.807) is 12.5 Å². The first-order valence-corrected chi connectivity index (χ1v) is 2.39. The molecule has 0 aliphatic rings. The van der Waals surface area contributed by atoms with Crippen molar-refractivity contribution in [2.24, 2.45) is 0 Å². The highest BCUT2D eigenvalue weighted by Gasteiger charge is 1.79. The Morgan fingerprint density at radius 2 is 2.57 bits per heavy atom. The lowest BCUT2D eigenvalue weighted by Gasteiger charge is -1.85. The van der Waals surface area contributed by atoms with Gasteiger partial charge in [0.05, 0.1) is 6.33 Å². The van der Waals surface area contributed by atoms with Gasteiger partial charge in [-0.2, -0.15) is 0 Å². The van der Waals surface area contributed by atoms with Crippen molar-refractivity contribution < 1.29 is 0 Å². The largest absolute Gasteiger partial charge is 0.386 e. The Bertz CT molecular complexity index is 124. The first kappa shape index (κ1) is 4.43. The molecule has 0 aliphatic carbocycles. The van der Waals surface area contributed by atoms with E-state index < -0.39 is 0 Å². The standard InChI is InChI=1S/C4H7BN2/c1-5-7-3-2-6-4-7/h2-5H,1H3. The molecule has 0 N–H and O–H groups in total. The van der Waals surface area contributed by atoms with Crippen molar-refractivity contribution in [3.63, 3.8) is 0 Å². The van der Waals surface area contributed by atoms with Gasteiger partial charge in [0.2, 0.25) is 7.41 Å². The molecule has 1 rings (SSSR count). The van der Waals surface area contributed by atoms with Crippen molar-refractivity contribution in [2.45, 2.75) is 6.82 Å². The van der Waals surface area contributed by atoms with Gasteiger partial charge in [0, 0.05) is 12.4 Å². The van der Waals surface area contributed by atoms with Gasteiger partial charge in [0.25, 0.3) is 0 Å². The fourth-order valence-corrected chi connectivity index (χ4v) is 0.474. The molecule has 0 aromatic carbocycles. The second kappa shape index (κ2) is 1.82. The molecule has 2 nitrogen and oxygen atoms in total. The molecule has 36 valence electrons. The maximum atomic E-state index is 3.86. The van der Waals surface area contributed by atoms with E-state index in [4.69, 9.17) is 0 Å². The van der Waals surface area contributed by atoms with Crippen LogP contribution in [-0.2, 0) is 0 Å². The van der Waals surface area contributed by atoms with Gasteiger partial charge in [-0.15, -0.1) is 0 Å². The first-order chi connectivity index (χ1) is 3.43. The van der Waals surface area contributed by atoms with Crippen molar-refractivity contribution >= 4 is 7.41 Å². The summed E-state index contributed by atoms with van der Waals surface area (Å²) in [7, 11) is 1.01. The van der Waals surface area contributed by atoms with Crippen molar-refractivity contribution in [1.29, 1.82) is 0 Å². The van der Waals surface area contributed by atoms with Crippen LogP contribution >= 0.6 is 0 Å². The maximum Gasteiger partial charge on any atom is 0.239 e. The quantitative estimate of drug-likeness (QED) is 0.452. The molecule has 0 atom stereocenters. The summed E-state index contributed by atoms with van der Waals surface area (Å²) in [4.78, 5) is 3.86. The van der Waals surface area contributed by atoms with Crippen LogP contribution in [-0.4, -0.2) is 16.9 Å². The molecule has 0 bridgehead atoms. The monoisotopic (exact) mass is 94.1 g/mol. The van der Waals surface area contributed by atoms with E-state index in [9.17, 15) is 0 Å². The molecule has 1 aromatic heterocycles. The van der Waals surface area contributed by atoms with Crippen molar-refractivity contribution in [3.05, 3.63) is 18.7 Å². The summed E-state index contributed by atoms with van der Waals surface area (Å²) in [5.74, 6) is 0. The molecule has 0 unspecified atom stereocenters. The number of imidazole rings is 1. The van der Waals surface area contributed by atoms with Crippen LogP contribution < -0.4 is 0 Å². The molecule has 1 heterocycles. The molecule has 0 aliphatic heterocycles. The highest BCUT2D eigenvalue weighted by Crippen LogP contribution is 1.77. The van der Waals surface area contributed by atoms with Gasteiger partial charge in [-0.25, -0.2) is 4.98 Å². The molecule has 7 heavy (non-hydrogen) atoms. The topological polar surface area (TPSA) is 17.8 Å². The Morgan fingerprint density at radius 3 is 2.86 bits per heavy atom. The van der Waals surface area contributed by atoms with Crippen LogP contribution in [0.3, 0.4) is 0 Å². The minimum atomic E-state index is 1.01. The van der Waals surface area contributed by atoms with Crippen LogP contribution in [0, 0.1) is 0 Å². The lowest BCUT2D eigenvalue weighted by Crippen LogP contribution is -1.95. The molecule has 0 fully saturated rings. The summed E-state index contributed by atoms with van der Waals surface area (Å²) in [6.07, 6.45) is 5.53. The third kappa shape index (κ3) is 0.826. The molecule has 0 saturated carbocycles. The summed E-state index contributed by atoms with van der Waals surface area (Å²) < 4.78 is 2.01. The molecule has 1 aromatic rings. The average molecular weight is 93.9 g/mol. The predicted molar refractivity (Wildman–Crippen MR) is 30.6 cm³/mol. The zero-order valence-corrected chi connectivity index (χ0v) is 4.33. The highest BCUT2D eigenvalue weighted by molar-refractivity contribution is 6.31. The molecule has 0 saturated heterocycles. The second-order valence-electron chi connectivity index (χ2n) is 1.39. The van der Waals surface area contributed by atoms with Gasteiger partial charge in [-0.3, -0.25) is 0 Å². The smallest absolute Gasteiger partial charge is 0.239 e. The number of nitrogens with zero attached hydrogens (tertiary/aromatic N) is 2. The number of rotatable bonds is 1. The van der Waals surface area contributed by atoms with Crippen LogP contribution in [0.1, 0.15) is 0 Å². The summed E-state index contributed by atoms with van der Waals surface area (Å²) >= 11 is 0. The molecular weight excluding hydrogens is 86.9 g/mol. The molecule has 0 spiro atoms. The van der Waals surface area contributed by atoms with Gasteiger partial charge in [-0.1, -0.05) is 6.82 Å². The van der Waals surface area contributed by atoms with E-state index in [0.717, 1.165) is 7.41 Å². The van der Waals surface area contributed by atoms with Crippen LogP contribution in [0.15, 0.2) is 18.7 Å². The van der Waals surface area contributed by atoms with Crippen molar-refractivity contribution in [3.8, 4) is 0 Å². The van der Waals surface area contributed by atoms with E-state index in [-0.39, 0.29) is 0 Å². The maximum absolute atomic E-state index is 3.86. The SMILES string of the molecule is CBn1ccnc1. The van der Waals surface area contributed by atoms with Gasteiger partial charge in [-0.05, 0) is 0 Å². The third-order valence-corrected chi connectivity index (χ3v) is 0.924. The summed E-state index contributed by atoms with van der Waals surface area (Å²) in [5, 5.41) is 0. The van der Waals surface area contributed by atoms with Gasteiger partial charge < -0.3 is 4.48 Å². The summed E-state index contributed by atoms with van der Waals surface area (Å²) in [6, 6.07) is 0. The second-order valence-corrected chi connectivity index (χ2v) is 1.39. The zero-order valence-electron chi connectivity index (χ0n) is 4.33. The van der Waals surface area contributed by atoms with E-state index in [2.05, 4.69) is 11.8 Å². The van der Waals surface area contributed by atoms with Gasteiger partial charge >= 0.3 is 0 Å². The van der Waals surface area contributed by atoms with Crippen LogP contribution in [0.25, 0.3) is 0 Å². The van der Waals surface area contributed by atoms with Crippen molar-refractivity contribution in [1.82, 2.24) is 9.46 Å². The Labute approximate surface area is 43.4 Å². The Balaban J connectivity index is 2.76. The third-order valence-electron chi connectivity index (χ3n) is 0.924. The van der Waals surface area contributed by atoms with Crippen molar-refractivity contribution in [2.75, 3.05) is 0 Å². The molecule has 0 radical (unpaired) electrons. The minimum absolute atomic E-state index is 1.01. The normalized spacial score (nSPS) is 8.71. The van der Waals surface area contributed by atoms with E-state index >= 15 is 0 Å².